The van der Waals surface area contributed by atoms with E-state index in [0.717, 1.165) is 21.6 Å². The van der Waals surface area contributed by atoms with E-state index in [9.17, 15) is 9.59 Å². The molecule has 1 amide bonds. The minimum atomic E-state index is -0.388. The number of H-pyrrole nitrogens is 1. The first-order valence-electron chi connectivity index (χ1n) is 6.95. The Bertz CT molecular complexity index is 937. The van der Waals surface area contributed by atoms with Gasteiger partial charge in [0.2, 0.25) is 5.43 Å². The molecular formula is C17H16N2O2S. The second kappa shape index (κ2) is 5.42. The normalized spacial score (nSPS) is 10.9. The first-order valence-corrected chi connectivity index (χ1v) is 7.83. The Labute approximate surface area is 131 Å². The van der Waals surface area contributed by atoms with E-state index in [-0.39, 0.29) is 16.9 Å². The first-order chi connectivity index (χ1) is 10.5. The summed E-state index contributed by atoms with van der Waals surface area (Å²) in [5.41, 5.74) is 3.87. The summed E-state index contributed by atoms with van der Waals surface area (Å²) in [4.78, 5) is 28.6. The van der Waals surface area contributed by atoms with Crippen LogP contribution < -0.4 is 10.7 Å². The van der Waals surface area contributed by atoms with Crippen molar-refractivity contribution < 1.29 is 4.79 Å². The van der Waals surface area contributed by atoms with Crippen LogP contribution in [0.25, 0.3) is 10.2 Å². The van der Waals surface area contributed by atoms with Gasteiger partial charge in [0, 0.05) is 11.9 Å². The van der Waals surface area contributed by atoms with Gasteiger partial charge >= 0.3 is 0 Å². The predicted molar refractivity (Wildman–Crippen MR) is 91.1 cm³/mol. The zero-order chi connectivity index (χ0) is 15.9. The van der Waals surface area contributed by atoms with E-state index >= 15 is 0 Å². The minimum absolute atomic E-state index is 0.128. The Balaban J connectivity index is 1.98. The van der Waals surface area contributed by atoms with Crippen LogP contribution in [0.2, 0.25) is 0 Å². The number of aryl methyl sites for hydroxylation is 3. The molecule has 2 heterocycles. The summed E-state index contributed by atoms with van der Waals surface area (Å²) >= 11 is 1.44. The number of carbonyl (C=O) groups excluding carboxylic acids is 1. The van der Waals surface area contributed by atoms with Crippen LogP contribution in [0.3, 0.4) is 0 Å². The maximum atomic E-state index is 12.4. The molecule has 0 aliphatic heterocycles. The number of rotatable bonds is 2. The monoisotopic (exact) mass is 312 g/mol. The van der Waals surface area contributed by atoms with Crippen molar-refractivity contribution >= 4 is 33.1 Å². The van der Waals surface area contributed by atoms with Gasteiger partial charge in [0.25, 0.3) is 5.91 Å². The van der Waals surface area contributed by atoms with E-state index in [0.29, 0.717) is 5.39 Å². The molecule has 0 saturated heterocycles. The highest BCUT2D eigenvalue weighted by Gasteiger charge is 2.15. The van der Waals surface area contributed by atoms with E-state index in [2.05, 4.69) is 10.3 Å². The fourth-order valence-electron chi connectivity index (χ4n) is 2.40. The van der Waals surface area contributed by atoms with Gasteiger partial charge in [0.15, 0.2) is 0 Å². The van der Waals surface area contributed by atoms with E-state index in [4.69, 9.17) is 0 Å². The summed E-state index contributed by atoms with van der Waals surface area (Å²) in [6.07, 6.45) is 1.48. The molecule has 0 bridgehead atoms. The Kier molecular flexibility index (Phi) is 3.58. The van der Waals surface area contributed by atoms with Crippen LogP contribution in [-0.2, 0) is 0 Å². The molecule has 0 saturated carbocycles. The van der Waals surface area contributed by atoms with E-state index < -0.39 is 0 Å². The average molecular weight is 312 g/mol. The van der Waals surface area contributed by atoms with Gasteiger partial charge in [-0.15, -0.1) is 11.3 Å². The molecular weight excluding hydrogens is 296 g/mol. The number of hydrogen-bond acceptors (Lipinski definition) is 3. The van der Waals surface area contributed by atoms with E-state index in [1.54, 1.807) is 6.07 Å². The lowest BCUT2D eigenvalue weighted by Gasteiger charge is -2.11. The number of nitrogens with one attached hydrogen (secondary N) is 2. The quantitative estimate of drug-likeness (QED) is 0.756. The standard InChI is InChI=1S/C17H16N2O2S/c1-9-6-11(3)14(7-10(9)2)19-16(21)13-8-18-17-12(15(13)20)4-5-22-17/h4-8H,1-3H3,(H,18,20)(H,19,21). The number of benzene rings is 1. The van der Waals surface area contributed by atoms with Crippen LogP contribution in [0.1, 0.15) is 27.0 Å². The number of fused-ring (bicyclic) bond motifs is 1. The second-order valence-corrected chi connectivity index (χ2v) is 6.32. The largest absolute Gasteiger partial charge is 0.352 e. The molecule has 112 valence electrons. The van der Waals surface area contributed by atoms with Crippen molar-refractivity contribution in [3.63, 3.8) is 0 Å². The van der Waals surface area contributed by atoms with Crippen LogP contribution in [0.15, 0.2) is 34.6 Å². The smallest absolute Gasteiger partial charge is 0.261 e. The zero-order valence-electron chi connectivity index (χ0n) is 12.6. The van der Waals surface area contributed by atoms with Crippen molar-refractivity contribution in [3.05, 3.63) is 62.3 Å². The van der Waals surface area contributed by atoms with Gasteiger partial charge in [-0.1, -0.05) is 6.07 Å². The number of carbonyl (C=O) groups is 1. The molecule has 0 atom stereocenters. The summed E-state index contributed by atoms with van der Waals surface area (Å²) in [7, 11) is 0. The van der Waals surface area contributed by atoms with Gasteiger partial charge < -0.3 is 10.3 Å². The number of aromatic nitrogens is 1. The summed E-state index contributed by atoms with van der Waals surface area (Å²) < 4.78 is 0. The molecule has 0 aliphatic rings. The van der Waals surface area contributed by atoms with Gasteiger partial charge in [-0.05, 0) is 55.0 Å². The number of pyridine rings is 1. The third-order valence-corrected chi connectivity index (χ3v) is 4.68. The van der Waals surface area contributed by atoms with Crippen molar-refractivity contribution in [1.82, 2.24) is 4.98 Å². The topological polar surface area (TPSA) is 62.0 Å². The molecule has 0 spiro atoms. The van der Waals surface area contributed by atoms with Gasteiger partial charge in [0.1, 0.15) is 10.4 Å². The van der Waals surface area contributed by atoms with Crippen LogP contribution in [0, 0.1) is 20.8 Å². The van der Waals surface area contributed by atoms with Crippen molar-refractivity contribution in [2.24, 2.45) is 0 Å². The van der Waals surface area contributed by atoms with E-state index in [1.165, 1.54) is 23.1 Å². The molecule has 0 fully saturated rings. The molecule has 22 heavy (non-hydrogen) atoms. The fraction of sp³-hybridized carbons (Fsp3) is 0.176. The molecule has 4 nitrogen and oxygen atoms in total. The van der Waals surface area contributed by atoms with Crippen molar-refractivity contribution in [2.45, 2.75) is 20.8 Å². The molecule has 0 radical (unpaired) electrons. The SMILES string of the molecule is Cc1cc(C)c(NC(=O)c2c[nH]c3sccc3c2=O)cc1C. The number of aromatic amines is 1. The molecule has 3 rings (SSSR count). The van der Waals surface area contributed by atoms with Gasteiger partial charge in [-0.25, -0.2) is 0 Å². The lowest BCUT2D eigenvalue weighted by Crippen LogP contribution is -2.22. The number of hydrogen-bond donors (Lipinski definition) is 2. The minimum Gasteiger partial charge on any atom is -0.352 e. The highest BCUT2D eigenvalue weighted by Crippen LogP contribution is 2.21. The highest BCUT2D eigenvalue weighted by molar-refractivity contribution is 7.16. The van der Waals surface area contributed by atoms with Crippen LogP contribution in [0.4, 0.5) is 5.69 Å². The van der Waals surface area contributed by atoms with Crippen molar-refractivity contribution in [2.75, 3.05) is 5.32 Å². The Morgan fingerprint density at radius 3 is 2.64 bits per heavy atom. The van der Waals surface area contributed by atoms with Gasteiger partial charge in [-0.2, -0.15) is 0 Å². The van der Waals surface area contributed by atoms with E-state index in [1.807, 2.05) is 38.3 Å². The Hall–Kier alpha value is -2.40. The maximum Gasteiger partial charge on any atom is 0.261 e. The molecule has 5 heteroatoms. The third kappa shape index (κ3) is 2.44. The predicted octanol–water partition coefficient (Wildman–Crippen LogP) is 3.77. The van der Waals surface area contributed by atoms with Crippen molar-refractivity contribution in [3.8, 4) is 0 Å². The summed E-state index contributed by atoms with van der Waals surface area (Å²) in [6, 6.07) is 5.69. The van der Waals surface area contributed by atoms with Crippen LogP contribution >= 0.6 is 11.3 Å². The van der Waals surface area contributed by atoms with Gasteiger partial charge in [-0.3, -0.25) is 9.59 Å². The lowest BCUT2D eigenvalue weighted by atomic mass is 10.0. The molecule has 3 aromatic rings. The highest BCUT2D eigenvalue weighted by atomic mass is 32.1. The Morgan fingerprint density at radius 1 is 1.14 bits per heavy atom. The fourth-order valence-corrected chi connectivity index (χ4v) is 3.16. The Morgan fingerprint density at radius 2 is 1.86 bits per heavy atom. The first kappa shape index (κ1) is 14.5. The summed E-state index contributed by atoms with van der Waals surface area (Å²) in [5, 5.41) is 5.22. The average Bonchev–Trinajstić information content (AvgIpc) is 2.94. The second-order valence-electron chi connectivity index (χ2n) is 5.40. The molecule has 0 aliphatic carbocycles. The van der Waals surface area contributed by atoms with Crippen molar-refractivity contribution in [1.29, 1.82) is 0 Å². The van der Waals surface area contributed by atoms with Crippen LogP contribution in [0.5, 0.6) is 0 Å². The van der Waals surface area contributed by atoms with Crippen LogP contribution in [-0.4, -0.2) is 10.9 Å². The maximum absolute atomic E-state index is 12.4. The number of amides is 1. The number of anilines is 1. The third-order valence-electron chi connectivity index (χ3n) is 3.84. The summed E-state index contributed by atoms with van der Waals surface area (Å²) in [5.74, 6) is -0.388. The lowest BCUT2D eigenvalue weighted by molar-refractivity contribution is 0.102. The zero-order valence-corrected chi connectivity index (χ0v) is 13.4. The summed E-state index contributed by atoms with van der Waals surface area (Å²) in [6.45, 7) is 5.96. The number of thiophene rings is 1. The molecule has 2 N–H and O–H groups in total. The molecule has 1 aromatic carbocycles. The molecule has 0 unspecified atom stereocenters. The van der Waals surface area contributed by atoms with Gasteiger partial charge in [0.05, 0.1) is 5.39 Å². The molecule has 2 aromatic heterocycles.